The second-order valence-corrected chi connectivity index (χ2v) is 6.56. The topological polar surface area (TPSA) is 49.4 Å². The summed E-state index contributed by atoms with van der Waals surface area (Å²) >= 11 is 0. The predicted octanol–water partition coefficient (Wildman–Crippen LogP) is 3.66. The van der Waals surface area contributed by atoms with Crippen molar-refractivity contribution < 1.29 is 9.59 Å². The average Bonchev–Trinajstić information content (AvgIpc) is 2.76. The summed E-state index contributed by atoms with van der Waals surface area (Å²) in [7, 11) is 0. The Kier molecular flexibility index (Phi) is 4.14. The van der Waals surface area contributed by atoms with Crippen molar-refractivity contribution in [3.63, 3.8) is 0 Å². The van der Waals surface area contributed by atoms with E-state index in [1.165, 1.54) is 4.90 Å². The molecular formula is C20H22N2O2. The van der Waals surface area contributed by atoms with Crippen LogP contribution in [-0.2, 0) is 9.59 Å². The second kappa shape index (κ2) is 6.11. The lowest BCUT2D eigenvalue weighted by molar-refractivity contribution is -0.121. The summed E-state index contributed by atoms with van der Waals surface area (Å²) < 4.78 is 0. The average molecular weight is 322 g/mol. The van der Waals surface area contributed by atoms with Crippen molar-refractivity contribution >= 4 is 23.2 Å². The maximum absolute atomic E-state index is 12.8. The lowest BCUT2D eigenvalue weighted by atomic mass is 10.1. The minimum Gasteiger partial charge on any atom is -0.373 e. The SMILES string of the molecule is Cc1cc(C)cc(NC2CC(=O)N(c3cccc(C)c3C)C2=O)c1. The van der Waals surface area contributed by atoms with Crippen molar-refractivity contribution in [2.75, 3.05) is 10.2 Å². The Labute approximate surface area is 142 Å². The lowest BCUT2D eigenvalue weighted by Crippen LogP contribution is -2.35. The van der Waals surface area contributed by atoms with Crippen LogP contribution in [0.2, 0.25) is 0 Å². The standard InChI is InChI=1S/C20H22N2O2/c1-12-8-13(2)10-16(9-12)21-17-11-19(23)22(20(17)24)18-7-5-6-14(3)15(18)4/h5-10,17,21H,11H2,1-4H3. The summed E-state index contributed by atoms with van der Waals surface area (Å²) in [5.74, 6) is -0.344. The monoisotopic (exact) mass is 322 g/mol. The quantitative estimate of drug-likeness (QED) is 0.877. The Bertz CT molecular complexity index is 806. The predicted molar refractivity (Wildman–Crippen MR) is 96.4 cm³/mol. The molecule has 2 aromatic rings. The Hall–Kier alpha value is -2.62. The molecule has 124 valence electrons. The number of rotatable bonds is 3. The number of amides is 2. The molecule has 24 heavy (non-hydrogen) atoms. The number of nitrogens with zero attached hydrogens (tertiary/aromatic N) is 1. The van der Waals surface area contributed by atoms with Crippen LogP contribution in [0, 0.1) is 27.7 Å². The Morgan fingerprint density at radius 1 is 1.00 bits per heavy atom. The van der Waals surface area contributed by atoms with Gasteiger partial charge in [-0.15, -0.1) is 0 Å². The molecule has 4 nitrogen and oxygen atoms in total. The summed E-state index contributed by atoms with van der Waals surface area (Å²) in [6.45, 7) is 7.95. The Morgan fingerprint density at radius 3 is 2.33 bits per heavy atom. The number of aryl methyl sites for hydroxylation is 3. The second-order valence-electron chi connectivity index (χ2n) is 6.56. The molecular weight excluding hydrogens is 300 g/mol. The molecule has 0 aliphatic carbocycles. The fraction of sp³-hybridized carbons (Fsp3) is 0.300. The van der Waals surface area contributed by atoms with Crippen molar-refractivity contribution in [2.24, 2.45) is 0 Å². The molecule has 1 aliphatic rings. The molecule has 0 bridgehead atoms. The fourth-order valence-corrected chi connectivity index (χ4v) is 3.23. The van der Waals surface area contributed by atoms with Crippen LogP contribution >= 0.6 is 0 Å². The van der Waals surface area contributed by atoms with Gasteiger partial charge in [0.25, 0.3) is 5.91 Å². The van der Waals surface area contributed by atoms with Crippen molar-refractivity contribution in [2.45, 2.75) is 40.2 Å². The molecule has 0 saturated carbocycles. The van der Waals surface area contributed by atoms with Gasteiger partial charge in [0.2, 0.25) is 5.91 Å². The molecule has 0 aromatic heterocycles. The third-order valence-corrected chi connectivity index (χ3v) is 4.53. The molecule has 1 atom stereocenters. The van der Waals surface area contributed by atoms with E-state index in [9.17, 15) is 9.59 Å². The molecule has 2 amide bonds. The number of nitrogens with one attached hydrogen (secondary N) is 1. The van der Waals surface area contributed by atoms with Crippen LogP contribution in [0.25, 0.3) is 0 Å². The highest BCUT2D eigenvalue weighted by Crippen LogP contribution is 2.29. The van der Waals surface area contributed by atoms with E-state index in [0.29, 0.717) is 5.69 Å². The van der Waals surface area contributed by atoms with Crippen molar-refractivity contribution in [3.05, 3.63) is 58.7 Å². The van der Waals surface area contributed by atoms with Gasteiger partial charge in [-0.25, -0.2) is 4.90 Å². The zero-order chi connectivity index (χ0) is 17.4. The van der Waals surface area contributed by atoms with Gasteiger partial charge in [0, 0.05) is 5.69 Å². The first-order valence-corrected chi connectivity index (χ1v) is 8.14. The third kappa shape index (κ3) is 2.92. The van der Waals surface area contributed by atoms with E-state index in [0.717, 1.165) is 27.9 Å². The van der Waals surface area contributed by atoms with Gasteiger partial charge < -0.3 is 5.32 Å². The maximum atomic E-state index is 12.8. The van der Waals surface area contributed by atoms with Crippen LogP contribution < -0.4 is 10.2 Å². The molecule has 1 aliphatic heterocycles. The molecule has 0 radical (unpaired) electrons. The van der Waals surface area contributed by atoms with Crippen LogP contribution in [0.4, 0.5) is 11.4 Å². The fourth-order valence-electron chi connectivity index (χ4n) is 3.23. The van der Waals surface area contributed by atoms with Crippen LogP contribution in [-0.4, -0.2) is 17.9 Å². The van der Waals surface area contributed by atoms with E-state index in [-0.39, 0.29) is 18.2 Å². The third-order valence-electron chi connectivity index (χ3n) is 4.53. The van der Waals surface area contributed by atoms with Gasteiger partial charge in [0.05, 0.1) is 12.1 Å². The van der Waals surface area contributed by atoms with Crippen LogP contribution in [0.15, 0.2) is 36.4 Å². The first-order chi connectivity index (χ1) is 11.4. The van der Waals surface area contributed by atoms with Gasteiger partial charge in [0.15, 0.2) is 0 Å². The number of anilines is 2. The molecule has 1 N–H and O–H groups in total. The van der Waals surface area contributed by atoms with Crippen molar-refractivity contribution in [1.29, 1.82) is 0 Å². The van der Waals surface area contributed by atoms with Gasteiger partial charge >= 0.3 is 0 Å². The summed E-state index contributed by atoms with van der Waals surface area (Å²) in [6, 6.07) is 11.2. The number of benzene rings is 2. The smallest absolute Gasteiger partial charge is 0.256 e. The van der Waals surface area contributed by atoms with Gasteiger partial charge in [-0.3, -0.25) is 9.59 Å². The first kappa shape index (κ1) is 16.2. The highest BCUT2D eigenvalue weighted by atomic mass is 16.2. The molecule has 4 heteroatoms. The number of carbonyl (C=O) groups is 2. The number of carbonyl (C=O) groups excluding carboxylic acids is 2. The van der Waals surface area contributed by atoms with Gasteiger partial charge in [0.1, 0.15) is 6.04 Å². The zero-order valence-electron chi connectivity index (χ0n) is 14.5. The first-order valence-electron chi connectivity index (χ1n) is 8.14. The highest BCUT2D eigenvalue weighted by molar-refractivity contribution is 6.23. The molecule has 0 spiro atoms. The normalized spacial score (nSPS) is 17.5. The number of hydrogen-bond donors (Lipinski definition) is 1. The van der Waals surface area contributed by atoms with E-state index in [2.05, 4.69) is 11.4 Å². The molecule has 2 aromatic carbocycles. The molecule has 1 heterocycles. The van der Waals surface area contributed by atoms with E-state index in [1.807, 2.05) is 58.0 Å². The zero-order valence-corrected chi connectivity index (χ0v) is 14.5. The highest BCUT2D eigenvalue weighted by Gasteiger charge is 2.40. The van der Waals surface area contributed by atoms with Gasteiger partial charge in [-0.1, -0.05) is 18.2 Å². The molecule has 1 saturated heterocycles. The summed E-state index contributed by atoms with van der Waals surface area (Å²) in [6.07, 6.45) is 0.180. The summed E-state index contributed by atoms with van der Waals surface area (Å²) in [4.78, 5) is 26.6. The molecule has 3 rings (SSSR count). The van der Waals surface area contributed by atoms with Crippen LogP contribution in [0.5, 0.6) is 0 Å². The Morgan fingerprint density at radius 2 is 1.67 bits per heavy atom. The van der Waals surface area contributed by atoms with Crippen molar-refractivity contribution in [1.82, 2.24) is 0 Å². The van der Waals surface area contributed by atoms with Gasteiger partial charge in [-0.05, 0) is 68.1 Å². The van der Waals surface area contributed by atoms with Crippen LogP contribution in [0.3, 0.4) is 0 Å². The van der Waals surface area contributed by atoms with Crippen LogP contribution in [0.1, 0.15) is 28.7 Å². The van der Waals surface area contributed by atoms with E-state index in [4.69, 9.17) is 0 Å². The number of hydrogen-bond acceptors (Lipinski definition) is 3. The van der Waals surface area contributed by atoms with Gasteiger partial charge in [-0.2, -0.15) is 0 Å². The number of imide groups is 1. The lowest BCUT2D eigenvalue weighted by Gasteiger charge is -2.19. The Balaban J connectivity index is 1.88. The molecule has 1 unspecified atom stereocenters. The minimum absolute atomic E-state index is 0.157. The summed E-state index contributed by atoms with van der Waals surface area (Å²) in [5, 5.41) is 3.22. The molecule has 1 fully saturated rings. The van der Waals surface area contributed by atoms with E-state index in [1.54, 1.807) is 0 Å². The van der Waals surface area contributed by atoms with Crippen molar-refractivity contribution in [3.8, 4) is 0 Å². The largest absolute Gasteiger partial charge is 0.373 e. The summed E-state index contributed by atoms with van der Waals surface area (Å²) in [5.41, 5.74) is 5.85. The maximum Gasteiger partial charge on any atom is 0.256 e. The minimum atomic E-state index is -0.515. The van der Waals surface area contributed by atoms with E-state index >= 15 is 0 Å². The van der Waals surface area contributed by atoms with E-state index < -0.39 is 6.04 Å².